The lowest BCUT2D eigenvalue weighted by molar-refractivity contribution is 0.0527. The van der Waals surface area contributed by atoms with Gasteiger partial charge in [-0.1, -0.05) is 270 Å². The van der Waals surface area contributed by atoms with Gasteiger partial charge in [-0.15, -0.1) is 0 Å². The van der Waals surface area contributed by atoms with Gasteiger partial charge in [-0.25, -0.2) is 0 Å². The van der Waals surface area contributed by atoms with Crippen LogP contribution in [0.5, 0.6) is 0 Å². The molecule has 2 unspecified atom stereocenters. The molecule has 0 rings (SSSR count). The molecule has 0 amide bonds. The highest BCUT2D eigenvalue weighted by atomic mass is 33.5. The Kier molecular flexibility index (Phi) is 52.6. The Balaban J connectivity index is 6.44. The summed E-state index contributed by atoms with van der Waals surface area (Å²) in [6.45, 7) is 22.8. The lowest BCUT2D eigenvalue weighted by Crippen LogP contribution is -2.56. The average Bonchev–Trinajstić information content (AvgIpc) is 3.32. The van der Waals surface area contributed by atoms with Gasteiger partial charge in [0.05, 0.1) is 9.75 Å². The van der Waals surface area contributed by atoms with E-state index in [9.17, 15) is 0 Å². The van der Waals surface area contributed by atoms with Gasteiger partial charge in [-0.3, -0.25) is 0 Å². The van der Waals surface area contributed by atoms with Crippen molar-refractivity contribution in [2.75, 3.05) is 39.6 Å². The maximum Gasteiger partial charge on any atom is 0.515 e. The number of hydrogen-bond donors (Lipinski definition) is 0. The first kappa shape index (κ1) is 66.2. The highest BCUT2D eigenvalue weighted by Crippen LogP contribution is 2.48. The lowest BCUT2D eigenvalue weighted by atomic mass is 10.1. The molecule has 2 atom stereocenters. The summed E-state index contributed by atoms with van der Waals surface area (Å²) in [5, 5.41) is 0. The van der Waals surface area contributed by atoms with Crippen LogP contribution >= 0.6 is 31.4 Å². The van der Waals surface area contributed by atoms with Crippen molar-refractivity contribution in [2.45, 2.75) is 309 Å². The molecule has 0 aromatic heterocycles. The Morgan fingerprint density at radius 3 is 0.585 bits per heavy atom. The predicted octanol–water partition coefficient (Wildman–Crippen LogP) is 19.8. The van der Waals surface area contributed by atoms with E-state index in [-0.39, 0.29) is 9.75 Å². The second-order valence-electron chi connectivity index (χ2n) is 19.0. The van der Waals surface area contributed by atoms with Crippen LogP contribution < -0.4 is 0 Å². The third-order valence-electron chi connectivity index (χ3n) is 12.6. The summed E-state index contributed by atoms with van der Waals surface area (Å²) in [7, 11) is -0.287. The van der Waals surface area contributed by atoms with Gasteiger partial charge in [0.25, 0.3) is 0 Å². The fourth-order valence-electron chi connectivity index (χ4n) is 8.26. The van der Waals surface area contributed by atoms with Gasteiger partial charge in [0.2, 0.25) is 0 Å². The smallest absolute Gasteiger partial charge is 0.373 e. The van der Waals surface area contributed by atoms with Crippen molar-refractivity contribution in [3.8, 4) is 0 Å². The van der Waals surface area contributed by atoms with Gasteiger partial charge < -0.3 is 26.6 Å². The van der Waals surface area contributed by atoms with E-state index < -0.39 is 17.6 Å². The van der Waals surface area contributed by atoms with Gasteiger partial charge in [0.15, 0.2) is 0 Å². The first-order chi connectivity index (χ1) is 32.0. The first-order valence-electron chi connectivity index (χ1n) is 28.8. The zero-order valence-corrected chi connectivity index (χ0v) is 49.4. The quantitative estimate of drug-likeness (QED) is 0.0337. The molecule has 392 valence electrons. The lowest BCUT2D eigenvalue weighted by Gasteiger charge is -2.37. The second kappa shape index (κ2) is 51.6. The second-order valence-corrected chi connectivity index (χ2v) is 29.8. The van der Waals surface area contributed by atoms with Gasteiger partial charge in [0.1, 0.15) is 0 Å². The summed E-state index contributed by atoms with van der Waals surface area (Å²) in [5.74, 6) is 0. The molecular formula is C54H114O6S3Si2. The van der Waals surface area contributed by atoms with Crippen molar-refractivity contribution in [2.24, 2.45) is 0 Å². The molecule has 6 nitrogen and oxygen atoms in total. The van der Waals surface area contributed by atoms with Crippen molar-refractivity contribution in [1.82, 2.24) is 0 Å². The van der Waals surface area contributed by atoms with Gasteiger partial charge >= 0.3 is 17.6 Å². The van der Waals surface area contributed by atoms with E-state index in [1.807, 2.05) is 31.4 Å². The summed E-state index contributed by atoms with van der Waals surface area (Å²) in [6, 6.07) is 0. The molecule has 0 bridgehead atoms. The zero-order valence-electron chi connectivity index (χ0n) is 44.9. The van der Waals surface area contributed by atoms with Crippen LogP contribution in [0, 0.1) is 0 Å². The third kappa shape index (κ3) is 37.7. The molecule has 0 spiro atoms. The molecule has 0 fully saturated rings. The van der Waals surface area contributed by atoms with Crippen LogP contribution in [0.1, 0.15) is 299 Å². The fraction of sp³-hybridized carbons (Fsp3) is 1.00. The molecule has 0 aromatic rings. The summed E-state index contributed by atoms with van der Waals surface area (Å²) in [6.07, 6.45) is 47.0. The Morgan fingerprint density at radius 1 is 0.246 bits per heavy atom. The largest absolute Gasteiger partial charge is 0.515 e. The Morgan fingerprint density at radius 2 is 0.415 bits per heavy atom. The minimum absolute atomic E-state index is 0.158. The van der Waals surface area contributed by atoms with E-state index in [0.717, 1.165) is 91.0 Å². The minimum Gasteiger partial charge on any atom is -0.373 e. The van der Waals surface area contributed by atoms with Crippen LogP contribution in [0.25, 0.3) is 0 Å². The molecular weight excluding hydrogens is 897 g/mol. The summed E-state index contributed by atoms with van der Waals surface area (Å²) >= 11 is 0. The molecule has 0 aliphatic carbocycles. The summed E-state index contributed by atoms with van der Waals surface area (Å²) in [5.41, 5.74) is 0. The van der Waals surface area contributed by atoms with E-state index in [4.69, 9.17) is 26.6 Å². The Labute approximate surface area is 421 Å². The Bertz CT molecular complexity index is 767. The number of unbranched alkanes of at least 4 members (excludes halogenated alkanes) is 30. The van der Waals surface area contributed by atoms with Crippen molar-refractivity contribution < 1.29 is 26.6 Å². The van der Waals surface area contributed by atoms with E-state index in [2.05, 4.69) is 55.4 Å². The maximum absolute atomic E-state index is 7.12. The highest BCUT2D eigenvalue weighted by Gasteiger charge is 2.52. The van der Waals surface area contributed by atoms with Crippen molar-refractivity contribution in [3.63, 3.8) is 0 Å². The standard InChI is InChI=1S/C54H114O6S3Si2/c1-9-17-23-29-35-41-47-55-64(56-48-42-36-30-24-18-10-2,57-49-43-37-31-25-19-11-3)53(15-7)61-63-62-54(16-8)65(58-50-44-38-32-26-20-12-4,59-51-45-39-33-27-21-13-5)60-52-46-40-34-28-22-14-6/h53-54H,9-52H2,1-8H3. The van der Waals surface area contributed by atoms with Gasteiger partial charge in [0, 0.05) is 39.6 Å². The molecule has 0 aliphatic rings. The normalized spacial score (nSPS) is 13.3. The maximum atomic E-state index is 7.12. The van der Waals surface area contributed by atoms with Crippen LogP contribution in [-0.4, -0.2) is 67.0 Å². The van der Waals surface area contributed by atoms with Crippen molar-refractivity contribution in [3.05, 3.63) is 0 Å². The number of hydrogen-bond acceptors (Lipinski definition) is 9. The fourth-order valence-corrected chi connectivity index (χ4v) is 24.0. The molecule has 0 aromatic carbocycles. The zero-order chi connectivity index (χ0) is 47.6. The molecule has 0 saturated heterocycles. The minimum atomic E-state index is -3.05. The van der Waals surface area contributed by atoms with Crippen molar-refractivity contribution in [1.29, 1.82) is 0 Å². The van der Waals surface area contributed by atoms with Crippen LogP contribution in [-0.2, 0) is 26.6 Å². The molecule has 0 saturated carbocycles. The predicted molar refractivity (Wildman–Crippen MR) is 298 cm³/mol. The van der Waals surface area contributed by atoms with E-state index in [1.54, 1.807) is 0 Å². The van der Waals surface area contributed by atoms with Crippen LogP contribution in [0.4, 0.5) is 0 Å². The van der Waals surface area contributed by atoms with E-state index >= 15 is 0 Å². The molecule has 11 heteroatoms. The van der Waals surface area contributed by atoms with Crippen LogP contribution in [0.15, 0.2) is 0 Å². The molecule has 65 heavy (non-hydrogen) atoms. The Hall–Kier alpha value is 1.24. The van der Waals surface area contributed by atoms with E-state index in [0.29, 0.717) is 0 Å². The number of rotatable bonds is 56. The topological polar surface area (TPSA) is 55.4 Å². The van der Waals surface area contributed by atoms with Crippen LogP contribution in [0.2, 0.25) is 0 Å². The third-order valence-corrected chi connectivity index (χ3v) is 26.7. The summed E-state index contributed by atoms with van der Waals surface area (Å²) in [4.78, 5) is 0.317. The van der Waals surface area contributed by atoms with Gasteiger partial charge in [-0.2, -0.15) is 0 Å². The average molecular weight is 1010 g/mol. The SMILES string of the molecule is CCCCCCCCO[Si](OCCCCCCCC)(OCCCCCCCC)C(CC)SSSC(CC)[Si](OCCCCCCCC)(OCCCCCCCC)OCCCCCCCC. The first-order valence-corrected chi connectivity index (χ1v) is 36.0. The molecule has 0 heterocycles. The van der Waals surface area contributed by atoms with E-state index in [1.165, 1.54) is 193 Å². The van der Waals surface area contributed by atoms with Gasteiger partial charge in [-0.05, 0) is 61.2 Å². The van der Waals surface area contributed by atoms with Crippen LogP contribution in [0.3, 0.4) is 0 Å². The highest BCUT2D eigenvalue weighted by molar-refractivity contribution is 9.09. The molecule has 0 N–H and O–H groups in total. The summed E-state index contributed by atoms with van der Waals surface area (Å²) < 4.78 is 42.7. The van der Waals surface area contributed by atoms with Crippen molar-refractivity contribution >= 4 is 49.0 Å². The molecule has 0 aliphatic heterocycles. The monoisotopic (exact) mass is 1010 g/mol. The molecule has 0 radical (unpaired) electrons.